The number of imidazole rings is 1. The number of ether oxygens (including phenoxy) is 2. The number of unbranched alkanes of at least 4 members (excludes halogenated alkanes) is 1. The van der Waals surface area contributed by atoms with E-state index in [4.69, 9.17) is 4.74 Å². The van der Waals surface area contributed by atoms with Gasteiger partial charge >= 0.3 is 6.09 Å². The monoisotopic (exact) mass is 485 g/mol. The molecule has 182 valence electrons. The molecule has 0 saturated carbocycles. The smallest absolute Gasteiger partial charge is 0.420 e. The van der Waals surface area contributed by atoms with Crippen LogP contribution in [0.2, 0.25) is 0 Å². The zero-order valence-electron chi connectivity index (χ0n) is 19.9. The first-order valence-electron chi connectivity index (χ1n) is 11.2. The Bertz CT molecular complexity index is 1220. The Morgan fingerprint density at radius 1 is 1.15 bits per heavy atom. The maximum absolute atomic E-state index is 12.9. The van der Waals surface area contributed by atoms with Crippen molar-refractivity contribution >= 4 is 16.1 Å². The minimum Gasteiger partial charge on any atom is -0.494 e. The predicted molar refractivity (Wildman–Crippen MR) is 130 cm³/mol. The van der Waals surface area contributed by atoms with Gasteiger partial charge in [-0.1, -0.05) is 51.5 Å². The Kier molecular flexibility index (Phi) is 8.33. The Hall–Kier alpha value is -3.33. The van der Waals surface area contributed by atoms with Crippen LogP contribution in [0.25, 0.3) is 11.1 Å². The summed E-state index contributed by atoms with van der Waals surface area (Å²) in [7, 11) is -3.04. The van der Waals surface area contributed by atoms with Crippen molar-refractivity contribution in [3.63, 3.8) is 0 Å². The van der Waals surface area contributed by atoms with Crippen molar-refractivity contribution in [2.75, 3.05) is 13.7 Å². The average Bonchev–Trinajstić information content (AvgIpc) is 3.28. The summed E-state index contributed by atoms with van der Waals surface area (Å²) >= 11 is 0. The highest BCUT2D eigenvalue weighted by molar-refractivity contribution is 7.90. The average molecular weight is 486 g/mol. The second-order valence-corrected chi connectivity index (χ2v) is 9.87. The number of nitrogens with one attached hydrogen (secondary N) is 1. The number of nitrogens with zero attached hydrogens (tertiary/aromatic N) is 2. The first kappa shape index (κ1) is 25.3. The van der Waals surface area contributed by atoms with Crippen molar-refractivity contribution in [1.29, 1.82) is 0 Å². The molecule has 0 atom stereocenters. The first-order chi connectivity index (χ1) is 16.2. The van der Waals surface area contributed by atoms with Crippen LogP contribution in [0.1, 0.15) is 50.9 Å². The molecule has 0 aliphatic heterocycles. The third kappa shape index (κ3) is 6.17. The summed E-state index contributed by atoms with van der Waals surface area (Å²) < 4.78 is 40.0. The normalized spacial score (nSPS) is 11.4. The highest BCUT2D eigenvalue weighted by Crippen LogP contribution is 2.32. The SMILES string of the molecule is CCCCOc1ccc(S(=O)(=O)NC(=O)OC)c(-c2ccc(Cn3ccnc3C(C)C)cc2)c1. The van der Waals surface area contributed by atoms with Crippen LogP contribution in [0.3, 0.4) is 0 Å². The summed E-state index contributed by atoms with van der Waals surface area (Å²) in [5.74, 6) is 1.87. The van der Waals surface area contributed by atoms with Gasteiger partial charge in [0.25, 0.3) is 10.0 Å². The molecule has 1 heterocycles. The van der Waals surface area contributed by atoms with Gasteiger partial charge in [0.05, 0.1) is 18.6 Å². The molecular formula is C25H31N3O5S. The number of aromatic nitrogens is 2. The molecule has 0 fully saturated rings. The van der Waals surface area contributed by atoms with Gasteiger partial charge in [-0.3, -0.25) is 0 Å². The van der Waals surface area contributed by atoms with E-state index < -0.39 is 16.1 Å². The maximum atomic E-state index is 12.9. The van der Waals surface area contributed by atoms with Gasteiger partial charge in [0, 0.05) is 30.4 Å². The Morgan fingerprint density at radius 3 is 2.53 bits per heavy atom. The fraction of sp³-hybridized carbons (Fsp3) is 0.360. The standard InChI is InChI=1S/C25H31N3O5S/c1-5-6-15-33-21-11-12-23(34(30,31)27-25(29)32-4)22(16-21)20-9-7-19(8-10-20)17-28-14-13-26-24(28)18(2)3/h7-14,16,18H,5-6,15,17H2,1-4H3,(H,27,29). The van der Waals surface area contributed by atoms with E-state index in [-0.39, 0.29) is 4.90 Å². The van der Waals surface area contributed by atoms with Crippen molar-refractivity contribution in [2.45, 2.75) is 51.0 Å². The van der Waals surface area contributed by atoms with Gasteiger partial charge in [-0.15, -0.1) is 0 Å². The minimum absolute atomic E-state index is 0.0369. The molecule has 2 aromatic carbocycles. The molecule has 0 saturated heterocycles. The zero-order chi connectivity index (χ0) is 24.7. The highest BCUT2D eigenvalue weighted by atomic mass is 32.2. The summed E-state index contributed by atoms with van der Waals surface area (Å²) in [6.45, 7) is 7.45. The molecule has 0 spiro atoms. The zero-order valence-corrected chi connectivity index (χ0v) is 20.8. The van der Waals surface area contributed by atoms with E-state index in [0.29, 0.717) is 35.9 Å². The molecule has 1 aromatic heterocycles. The van der Waals surface area contributed by atoms with Crippen molar-refractivity contribution < 1.29 is 22.7 Å². The molecular weight excluding hydrogens is 454 g/mol. The van der Waals surface area contributed by atoms with Gasteiger partial charge in [0.2, 0.25) is 0 Å². The number of carbonyl (C=O) groups excluding carboxylic acids is 1. The second kappa shape index (κ2) is 11.2. The molecule has 3 rings (SSSR count). The second-order valence-electron chi connectivity index (χ2n) is 8.22. The third-order valence-electron chi connectivity index (χ3n) is 5.29. The van der Waals surface area contributed by atoms with Crippen LogP contribution < -0.4 is 9.46 Å². The van der Waals surface area contributed by atoms with Gasteiger partial charge in [-0.05, 0) is 35.7 Å². The molecule has 0 unspecified atom stereocenters. The fourth-order valence-corrected chi connectivity index (χ4v) is 4.67. The van der Waals surface area contributed by atoms with Crippen molar-refractivity contribution in [2.24, 2.45) is 0 Å². The van der Waals surface area contributed by atoms with Crippen molar-refractivity contribution in [1.82, 2.24) is 14.3 Å². The number of hydrogen-bond donors (Lipinski definition) is 1. The Morgan fingerprint density at radius 2 is 1.88 bits per heavy atom. The fourth-order valence-electron chi connectivity index (χ4n) is 3.54. The number of sulfonamides is 1. The van der Waals surface area contributed by atoms with E-state index in [1.165, 1.54) is 6.07 Å². The van der Waals surface area contributed by atoms with Gasteiger partial charge in [0.15, 0.2) is 0 Å². The van der Waals surface area contributed by atoms with Crippen LogP contribution in [-0.4, -0.2) is 37.8 Å². The maximum Gasteiger partial charge on any atom is 0.420 e. The van der Waals surface area contributed by atoms with Crippen molar-refractivity contribution in [3.8, 4) is 16.9 Å². The first-order valence-corrected chi connectivity index (χ1v) is 12.7. The molecule has 0 radical (unpaired) electrons. The summed E-state index contributed by atoms with van der Waals surface area (Å²) in [5.41, 5.74) is 2.17. The van der Waals surface area contributed by atoms with E-state index in [9.17, 15) is 13.2 Å². The molecule has 0 aliphatic rings. The molecule has 0 aliphatic carbocycles. The number of benzene rings is 2. The van der Waals surface area contributed by atoms with Gasteiger partial charge in [-0.25, -0.2) is 22.9 Å². The number of hydrogen-bond acceptors (Lipinski definition) is 6. The van der Waals surface area contributed by atoms with Crippen LogP contribution in [-0.2, 0) is 21.3 Å². The summed E-state index contributed by atoms with van der Waals surface area (Å²) in [5, 5.41) is 0. The lowest BCUT2D eigenvalue weighted by atomic mass is 10.0. The molecule has 9 heteroatoms. The Balaban J connectivity index is 1.95. The van der Waals surface area contributed by atoms with Gasteiger partial charge in [-0.2, -0.15) is 0 Å². The molecule has 1 amide bonds. The lowest BCUT2D eigenvalue weighted by Crippen LogP contribution is -2.30. The van der Waals surface area contributed by atoms with E-state index in [0.717, 1.165) is 31.3 Å². The lowest BCUT2D eigenvalue weighted by Gasteiger charge is -2.15. The van der Waals surface area contributed by atoms with E-state index in [1.807, 2.05) is 35.2 Å². The van der Waals surface area contributed by atoms with Crippen LogP contribution >= 0.6 is 0 Å². The van der Waals surface area contributed by atoms with E-state index >= 15 is 0 Å². The summed E-state index contributed by atoms with van der Waals surface area (Å²) in [6, 6.07) is 12.3. The van der Waals surface area contributed by atoms with Crippen LogP contribution in [0.5, 0.6) is 5.75 Å². The van der Waals surface area contributed by atoms with Gasteiger partial charge in [0.1, 0.15) is 11.6 Å². The van der Waals surface area contributed by atoms with E-state index in [1.54, 1.807) is 18.3 Å². The molecule has 0 bridgehead atoms. The minimum atomic E-state index is -4.15. The third-order valence-corrected chi connectivity index (χ3v) is 6.66. The number of methoxy groups -OCH3 is 1. The summed E-state index contributed by atoms with van der Waals surface area (Å²) in [4.78, 5) is 16.0. The quantitative estimate of drug-likeness (QED) is 0.408. The number of amides is 1. The summed E-state index contributed by atoms with van der Waals surface area (Å²) in [6.07, 6.45) is 4.56. The molecule has 8 nitrogen and oxygen atoms in total. The van der Waals surface area contributed by atoms with Gasteiger partial charge < -0.3 is 14.0 Å². The largest absolute Gasteiger partial charge is 0.494 e. The number of carbonyl (C=O) groups is 1. The Labute approximate surface area is 201 Å². The van der Waals surface area contributed by atoms with Crippen LogP contribution in [0.15, 0.2) is 59.8 Å². The van der Waals surface area contributed by atoms with Crippen LogP contribution in [0.4, 0.5) is 4.79 Å². The van der Waals surface area contributed by atoms with Crippen molar-refractivity contribution in [3.05, 3.63) is 66.2 Å². The lowest BCUT2D eigenvalue weighted by molar-refractivity contribution is 0.177. The predicted octanol–water partition coefficient (Wildman–Crippen LogP) is 4.95. The highest BCUT2D eigenvalue weighted by Gasteiger charge is 2.23. The van der Waals surface area contributed by atoms with Crippen LogP contribution in [0, 0.1) is 0 Å². The molecule has 3 aromatic rings. The molecule has 34 heavy (non-hydrogen) atoms. The topological polar surface area (TPSA) is 99.5 Å². The number of rotatable bonds is 10. The molecule has 1 N–H and O–H groups in total. The van der Waals surface area contributed by atoms with E-state index in [2.05, 4.69) is 35.1 Å².